The number of fused-ring (bicyclic) bond motifs is 1. The van der Waals surface area contributed by atoms with Crippen molar-refractivity contribution in [2.45, 2.75) is 18.8 Å². The van der Waals surface area contributed by atoms with Crippen LogP contribution in [0, 0.1) is 0 Å². The largest absolute Gasteiger partial charge is 0.573 e. The molecule has 0 aliphatic carbocycles. The van der Waals surface area contributed by atoms with Gasteiger partial charge in [0.1, 0.15) is 17.6 Å². The van der Waals surface area contributed by atoms with Gasteiger partial charge in [-0.05, 0) is 41.0 Å². The maximum absolute atomic E-state index is 13.6. The number of hydrogen-bond donors (Lipinski definition) is 2. The number of methoxy groups -OCH3 is 2. The van der Waals surface area contributed by atoms with Crippen LogP contribution in [0.5, 0.6) is 17.2 Å². The van der Waals surface area contributed by atoms with Gasteiger partial charge >= 0.3 is 6.36 Å². The first-order valence-corrected chi connectivity index (χ1v) is 13.2. The summed E-state index contributed by atoms with van der Waals surface area (Å²) in [6.45, 7) is 0. The number of rotatable bonds is 9. The Bertz CT molecular complexity index is 1740. The molecule has 1 aromatic heterocycles. The topological polar surface area (TPSA) is 138 Å². The molecule has 0 radical (unpaired) electrons. The van der Waals surface area contributed by atoms with Gasteiger partial charge in [-0.2, -0.15) is 10.1 Å². The zero-order valence-corrected chi connectivity index (χ0v) is 23.6. The Morgan fingerprint density at radius 2 is 1.80 bits per heavy atom. The van der Waals surface area contributed by atoms with E-state index in [0.717, 1.165) is 11.1 Å². The van der Waals surface area contributed by atoms with Crippen LogP contribution >= 0.6 is 0 Å². The number of carbonyl (C=O) groups excluding carboxylic acids is 1. The van der Waals surface area contributed by atoms with Crippen molar-refractivity contribution in [1.82, 2.24) is 15.0 Å². The number of nitrogens with zero attached hydrogens (tertiary/aromatic N) is 4. The summed E-state index contributed by atoms with van der Waals surface area (Å²) in [5.41, 5.74) is 15.4. The molecular weight excluding hydrogens is 577 g/mol. The number of aromatic nitrogens is 2. The molecular formula is C31H27F3N6O4. The molecule has 0 fully saturated rings. The molecule has 1 aliphatic rings. The van der Waals surface area contributed by atoms with Crippen molar-refractivity contribution >= 4 is 23.8 Å². The summed E-state index contributed by atoms with van der Waals surface area (Å²) in [4.78, 5) is 21.6. The number of hydrazone groups is 1. The van der Waals surface area contributed by atoms with Gasteiger partial charge in [0.05, 0.1) is 26.0 Å². The van der Waals surface area contributed by atoms with E-state index in [4.69, 9.17) is 20.9 Å². The van der Waals surface area contributed by atoms with Crippen LogP contribution in [0.15, 0.2) is 84.2 Å². The Balaban J connectivity index is 1.47. The van der Waals surface area contributed by atoms with Crippen molar-refractivity contribution in [2.24, 2.45) is 5.10 Å². The monoisotopic (exact) mass is 604 g/mol. The van der Waals surface area contributed by atoms with E-state index in [1.165, 1.54) is 57.0 Å². The van der Waals surface area contributed by atoms with Gasteiger partial charge in [-0.25, -0.2) is 4.98 Å². The predicted molar refractivity (Wildman–Crippen MR) is 158 cm³/mol. The highest BCUT2D eigenvalue weighted by Crippen LogP contribution is 2.37. The second kappa shape index (κ2) is 12.3. The van der Waals surface area contributed by atoms with Gasteiger partial charge in [0.2, 0.25) is 5.95 Å². The maximum atomic E-state index is 13.6. The van der Waals surface area contributed by atoms with E-state index >= 15 is 0 Å². The summed E-state index contributed by atoms with van der Waals surface area (Å²) in [6, 6.07) is 15.8. The van der Waals surface area contributed by atoms with E-state index in [-0.39, 0.29) is 28.8 Å². The summed E-state index contributed by atoms with van der Waals surface area (Å²) in [5.74, 6) is 0.0701. The molecule has 2 heterocycles. The van der Waals surface area contributed by atoms with Crippen LogP contribution in [-0.2, 0) is 6.42 Å². The van der Waals surface area contributed by atoms with Gasteiger partial charge in [-0.1, -0.05) is 36.4 Å². The second-order valence-electron chi connectivity index (χ2n) is 9.65. The third kappa shape index (κ3) is 6.56. The van der Waals surface area contributed by atoms with Gasteiger partial charge in [-0.15, -0.1) is 13.2 Å². The zero-order valence-electron chi connectivity index (χ0n) is 23.6. The Kier molecular flexibility index (Phi) is 8.38. The van der Waals surface area contributed by atoms with E-state index in [1.54, 1.807) is 23.4 Å². The molecule has 0 amide bonds. The minimum Gasteiger partial charge on any atom is -0.493 e. The van der Waals surface area contributed by atoms with Gasteiger partial charge in [-0.3, -0.25) is 9.80 Å². The predicted octanol–water partition coefficient (Wildman–Crippen LogP) is 5.28. The fourth-order valence-corrected chi connectivity index (χ4v) is 4.85. The molecule has 1 atom stereocenters. The molecule has 0 saturated carbocycles. The molecule has 0 saturated heterocycles. The molecule has 44 heavy (non-hydrogen) atoms. The molecule has 1 aliphatic heterocycles. The van der Waals surface area contributed by atoms with Crippen LogP contribution in [0.4, 0.5) is 24.9 Å². The summed E-state index contributed by atoms with van der Waals surface area (Å²) in [5, 5.41) is 6.06. The normalized spacial score (nSPS) is 14.4. The van der Waals surface area contributed by atoms with Crippen LogP contribution in [0.3, 0.4) is 0 Å². The highest BCUT2D eigenvalue weighted by Gasteiger charge is 2.31. The van der Waals surface area contributed by atoms with Gasteiger partial charge in [0.25, 0.3) is 0 Å². The lowest BCUT2D eigenvalue weighted by Crippen LogP contribution is -2.25. The molecule has 13 heteroatoms. The van der Waals surface area contributed by atoms with Crippen molar-refractivity contribution < 1.29 is 32.2 Å². The van der Waals surface area contributed by atoms with Gasteiger partial charge in [0, 0.05) is 36.0 Å². The van der Waals surface area contributed by atoms with Crippen LogP contribution in [0.25, 0.3) is 0 Å². The van der Waals surface area contributed by atoms with Crippen LogP contribution in [0.2, 0.25) is 0 Å². The van der Waals surface area contributed by atoms with Gasteiger partial charge in [0.15, 0.2) is 17.3 Å². The van der Waals surface area contributed by atoms with E-state index < -0.39 is 18.2 Å². The quantitative estimate of drug-likeness (QED) is 0.193. The highest BCUT2D eigenvalue weighted by molar-refractivity contribution is 6.07. The molecule has 0 spiro atoms. The first kappa shape index (κ1) is 29.9. The number of nitrogen functional groups attached to an aromatic ring is 2. The summed E-state index contributed by atoms with van der Waals surface area (Å²) in [6.07, 6.45) is 1.48. The molecule has 1 unspecified atom stereocenters. The number of ether oxygens (including phenoxy) is 3. The van der Waals surface area contributed by atoms with E-state index in [0.29, 0.717) is 28.9 Å². The fraction of sp³-hybridized carbons (Fsp3) is 0.161. The zero-order chi connectivity index (χ0) is 31.4. The number of halogens is 3. The minimum absolute atomic E-state index is 0.0476. The molecule has 10 nitrogen and oxygen atoms in total. The fourth-order valence-electron chi connectivity index (χ4n) is 4.85. The third-order valence-corrected chi connectivity index (χ3v) is 6.81. The average Bonchev–Trinajstić information content (AvgIpc) is 3.00. The van der Waals surface area contributed by atoms with Crippen molar-refractivity contribution in [2.75, 3.05) is 25.7 Å². The Hall–Kier alpha value is -5.59. The number of benzene rings is 3. The maximum Gasteiger partial charge on any atom is 0.573 e. The molecule has 0 bridgehead atoms. The highest BCUT2D eigenvalue weighted by atomic mass is 19.4. The van der Waals surface area contributed by atoms with Crippen LogP contribution in [-0.4, -0.2) is 47.6 Å². The third-order valence-electron chi connectivity index (χ3n) is 6.81. The van der Waals surface area contributed by atoms with Crippen molar-refractivity contribution in [3.8, 4) is 17.2 Å². The van der Waals surface area contributed by atoms with E-state index in [2.05, 4.69) is 19.8 Å². The standard InChI is InChI=1S/C31H27F3N6O4/c1-42-26-15-18(13-21-16-37-30(36)39-29(21)35)14-24(28(26)43-2)25(41)11-12-40-27(23-6-4-3-5-20(23)17-38-40)19-7-9-22(10-8-19)44-31(32,33)34/h3-12,14-17,27H,13H2,1-2H3,(H4,35,36,37,39)/b12-11+. The Morgan fingerprint density at radius 3 is 2.48 bits per heavy atom. The summed E-state index contributed by atoms with van der Waals surface area (Å²) >= 11 is 0. The molecule has 4 N–H and O–H groups in total. The molecule has 4 aromatic rings. The number of hydrogen-bond acceptors (Lipinski definition) is 10. The lowest BCUT2D eigenvalue weighted by Gasteiger charge is -2.31. The summed E-state index contributed by atoms with van der Waals surface area (Å²) < 4.78 is 53.2. The van der Waals surface area contributed by atoms with Crippen molar-refractivity contribution in [3.05, 3.63) is 113 Å². The number of nitrogens with two attached hydrogens (primary N) is 2. The van der Waals surface area contributed by atoms with Crippen LogP contribution < -0.4 is 25.7 Å². The van der Waals surface area contributed by atoms with E-state index in [9.17, 15) is 18.0 Å². The minimum atomic E-state index is -4.81. The van der Waals surface area contributed by atoms with Crippen molar-refractivity contribution in [1.29, 1.82) is 0 Å². The average molecular weight is 605 g/mol. The summed E-state index contributed by atoms with van der Waals surface area (Å²) in [7, 11) is 2.89. The number of allylic oxidation sites excluding steroid dienone is 1. The van der Waals surface area contributed by atoms with Crippen molar-refractivity contribution in [3.63, 3.8) is 0 Å². The van der Waals surface area contributed by atoms with Crippen LogP contribution in [0.1, 0.15) is 44.2 Å². The second-order valence-corrected chi connectivity index (χ2v) is 9.65. The molecule has 226 valence electrons. The van der Waals surface area contributed by atoms with Gasteiger partial charge < -0.3 is 25.7 Å². The van der Waals surface area contributed by atoms with E-state index in [1.807, 2.05) is 24.3 Å². The number of anilines is 2. The molecule has 3 aromatic carbocycles. The Labute approximate surface area is 250 Å². The number of carbonyl (C=O) groups is 1. The lowest BCUT2D eigenvalue weighted by atomic mass is 9.93. The SMILES string of the molecule is COc1cc(Cc2cnc(N)nc2N)cc(C(=O)/C=C/N2N=Cc3ccccc3C2c2ccc(OC(F)(F)F)cc2)c1OC. The smallest absolute Gasteiger partial charge is 0.493 e. The Morgan fingerprint density at radius 1 is 1.05 bits per heavy atom. The number of ketones is 1. The number of alkyl halides is 3. The lowest BCUT2D eigenvalue weighted by molar-refractivity contribution is -0.274. The first-order chi connectivity index (χ1) is 21.1. The first-order valence-electron chi connectivity index (χ1n) is 13.2. The molecule has 5 rings (SSSR count).